The Morgan fingerprint density at radius 3 is 2.11 bits per heavy atom. The third-order valence-electron chi connectivity index (χ3n) is 4.16. The smallest absolute Gasteiger partial charge is 0.277 e. The molecule has 5 nitrogen and oxygen atoms in total. The highest BCUT2D eigenvalue weighted by Crippen LogP contribution is 2.27. The lowest BCUT2D eigenvalue weighted by molar-refractivity contribution is 0.102. The van der Waals surface area contributed by atoms with Crippen molar-refractivity contribution in [3.63, 3.8) is 0 Å². The minimum atomic E-state index is 0.0172. The highest BCUT2D eigenvalue weighted by Gasteiger charge is 2.12. The molecule has 4 rings (SSSR count). The standard InChI is InChI=1S/C22H16N2O3S/c25-19-12-10-16(11-13-19)15-6-8-18(9-7-15)21-23-24-22(27-21)28-14-20(26)17-4-2-1-3-5-17/h1-13,25H,14H2. The molecule has 0 saturated carbocycles. The molecule has 0 amide bonds. The van der Waals surface area contributed by atoms with Crippen LogP contribution in [0.15, 0.2) is 88.5 Å². The van der Waals surface area contributed by atoms with Crippen molar-refractivity contribution in [3.05, 3.63) is 84.4 Å². The van der Waals surface area contributed by atoms with Gasteiger partial charge in [-0.05, 0) is 35.4 Å². The summed E-state index contributed by atoms with van der Waals surface area (Å²) in [5.74, 6) is 0.906. The van der Waals surface area contributed by atoms with Crippen LogP contribution < -0.4 is 0 Å². The average molecular weight is 388 g/mol. The van der Waals surface area contributed by atoms with Gasteiger partial charge in [0.05, 0.1) is 5.75 Å². The monoisotopic (exact) mass is 388 g/mol. The van der Waals surface area contributed by atoms with Gasteiger partial charge in [0.1, 0.15) is 5.75 Å². The second-order valence-corrected chi connectivity index (χ2v) is 7.00. The van der Waals surface area contributed by atoms with Crippen LogP contribution in [0.3, 0.4) is 0 Å². The Hall–Kier alpha value is -3.38. The maximum atomic E-state index is 12.2. The Bertz CT molecular complexity index is 1070. The van der Waals surface area contributed by atoms with Crippen molar-refractivity contribution in [1.29, 1.82) is 0 Å². The average Bonchev–Trinajstić information content (AvgIpc) is 3.22. The fourth-order valence-corrected chi connectivity index (χ4v) is 3.34. The Morgan fingerprint density at radius 1 is 0.821 bits per heavy atom. The first-order valence-electron chi connectivity index (χ1n) is 8.63. The highest BCUT2D eigenvalue weighted by atomic mass is 32.2. The van der Waals surface area contributed by atoms with Gasteiger partial charge in [0.25, 0.3) is 5.22 Å². The summed E-state index contributed by atoms with van der Waals surface area (Å²) in [6.45, 7) is 0. The predicted molar refractivity (Wildman–Crippen MR) is 108 cm³/mol. The summed E-state index contributed by atoms with van der Waals surface area (Å²) >= 11 is 1.23. The van der Waals surface area contributed by atoms with Crippen molar-refractivity contribution in [2.45, 2.75) is 5.22 Å². The van der Waals surface area contributed by atoms with Gasteiger partial charge in [0.15, 0.2) is 5.78 Å². The number of phenolic OH excluding ortho intramolecular Hbond substituents is 1. The number of carbonyl (C=O) groups excluding carboxylic acids is 1. The molecule has 0 aliphatic rings. The summed E-state index contributed by atoms with van der Waals surface area (Å²) in [6.07, 6.45) is 0. The summed E-state index contributed by atoms with van der Waals surface area (Å²) in [5, 5.41) is 17.8. The van der Waals surface area contributed by atoms with E-state index in [1.807, 2.05) is 54.6 Å². The van der Waals surface area contributed by atoms with Crippen molar-refractivity contribution >= 4 is 17.5 Å². The number of thioether (sulfide) groups is 1. The minimum Gasteiger partial charge on any atom is -0.508 e. The zero-order chi connectivity index (χ0) is 19.3. The molecule has 0 unspecified atom stereocenters. The van der Waals surface area contributed by atoms with Crippen LogP contribution in [-0.2, 0) is 0 Å². The molecule has 1 aromatic heterocycles. The Morgan fingerprint density at radius 2 is 1.43 bits per heavy atom. The van der Waals surface area contributed by atoms with Crippen LogP contribution >= 0.6 is 11.8 Å². The minimum absolute atomic E-state index is 0.0172. The molecule has 6 heteroatoms. The van der Waals surface area contributed by atoms with Crippen LogP contribution in [0, 0.1) is 0 Å². The molecule has 0 aliphatic heterocycles. The number of hydrogen-bond acceptors (Lipinski definition) is 6. The number of aromatic hydroxyl groups is 1. The SMILES string of the molecule is O=C(CSc1nnc(-c2ccc(-c3ccc(O)cc3)cc2)o1)c1ccccc1. The van der Waals surface area contributed by atoms with Gasteiger partial charge in [-0.3, -0.25) is 4.79 Å². The normalized spacial score (nSPS) is 10.7. The maximum absolute atomic E-state index is 12.2. The first-order valence-corrected chi connectivity index (χ1v) is 9.62. The molecule has 0 bridgehead atoms. The van der Waals surface area contributed by atoms with Crippen LogP contribution in [0.4, 0.5) is 0 Å². The number of Topliss-reactive ketones (excluding diaryl/α,β-unsaturated/α-hetero) is 1. The molecule has 0 fully saturated rings. The van der Waals surface area contributed by atoms with E-state index < -0.39 is 0 Å². The molecule has 1 N–H and O–H groups in total. The van der Waals surface area contributed by atoms with Crippen LogP contribution in [0.2, 0.25) is 0 Å². The molecule has 3 aromatic carbocycles. The van der Waals surface area contributed by atoms with E-state index in [0.29, 0.717) is 16.7 Å². The fraction of sp³-hybridized carbons (Fsp3) is 0.0455. The third kappa shape index (κ3) is 4.13. The summed E-state index contributed by atoms with van der Waals surface area (Å²) in [5.41, 5.74) is 3.49. The van der Waals surface area contributed by atoms with Crippen molar-refractivity contribution < 1.29 is 14.3 Å². The molecule has 138 valence electrons. The maximum Gasteiger partial charge on any atom is 0.277 e. The number of hydrogen-bond donors (Lipinski definition) is 1. The van der Waals surface area contributed by atoms with Gasteiger partial charge in [0, 0.05) is 11.1 Å². The lowest BCUT2D eigenvalue weighted by Gasteiger charge is -2.02. The number of ketones is 1. The number of phenols is 1. The van der Waals surface area contributed by atoms with Crippen LogP contribution in [0.1, 0.15) is 10.4 Å². The van der Waals surface area contributed by atoms with E-state index in [1.165, 1.54) is 11.8 Å². The van der Waals surface area contributed by atoms with Gasteiger partial charge >= 0.3 is 0 Å². The molecule has 0 aliphatic carbocycles. The number of carbonyl (C=O) groups is 1. The Balaban J connectivity index is 1.42. The van der Waals surface area contributed by atoms with E-state index in [2.05, 4.69) is 10.2 Å². The van der Waals surface area contributed by atoms with Gasteiger partial charge in [0.2, 0.25) is 5.89 Å². The molecular formula is C22H16N2O3S. The van der Waals surface area contributed by atoms with Gasteiger partial charge in [-0.15, -0.1) is 10.2 Å². The molecule has 4 aromatic rings. The van der Waals surface area contributed by atoms with Crippen molar-refractivity contribution in [2.24, 2.45) is 0 Å². The van der Waals surface area contributed by atoms with Gasteiger partial charge in [-0.1, -0.05) is 66.4 Å². The lowest BCUT2D eigenvalue weighted by atomic mass is 10.0. The molecule has 0 saturated heterocycles. The first kappa shape index (κ1) is 18.0. The van der Waals surface area contributed by atoms with Crippen molar-refractivity contribution in [3.8, 4) is 28.3 Å². The first-order chi connectivity index (χ1) is 13.7. The van der Waals surface area contributed by atoms with Gasteiger partial charge < -0.3 is 9.52 Å². The molecule has 0 atom stereocenters. The fourth-order valence-electron chi connectivity index (χ4n) is 2.68. The van der Waals surface area contributed by atoms with E-state index in [-0.39, 0.29) is 17.3 Å². The molecule has 0 spiro atoms. The number of aromatic nitrogens is 2. The van der Waals surface area contributed by atoms with Crippen molar-refractivity contribution in [1.82, 2.24) is 10.2 Å². The summed E-state index contributed by atoms with van der Waals surface area (Å²) in [4.78, 5) is 12.2. The highest BCUT2D eigenvalue weighted by molar-refractivity contribution is 7.99. The zero-order valence-electron chi connectivity index (χ0n) is 14.8. The van der Waals surface area contributed by atoms with E-state index in [4.69, 9.17) is 4.42 Å². The summed E-state index contributed by atoms with van der Waals surface area (Å²) < 4.78 is 5.67. The zero-order valence-corrected chi connectivity index (χ0v) is 15.6. The quantitative estimate of drug-likeness (QED) is 0.366. The summed E-state index contributed by atoms with van der Waals surface area (Å²) in [7, 11) is 0. The van der Waals surface area contributed by atoms with E-state index in [9.17, 15) is 9.90 Å². The molecule has 1 heterocycles. The van der Waals surface area contributed by atoms with Gasteiger partial charge in [-0.2, -0.15) is 0 Å². The van der Waals surface area contributed by atoms with Crippen LogP contribution in [-0.4, -0.2) is 26.8 Å². The summed E-state index contributed by atoms with van der Waals surface area (Å²) in [6, 6.07) is 23.9. The van der Waals surface area contributed by atoms with Crippen LogP contribution in [0.25, 0.3) is 22.6 Å². The number of benzene rings is 3. The van der Waals surface area contributed by atoms with E-state index in [0.717, 1.165) is 16.7 Å². The predicted octanol–water partition coefficient (Wildman–Crippen LogP) is 5.08. The molecule has 28 heavy (non-hydrogen) atoms. The second kappa shape index (κ2) is 8.10. The number of nitrogens with zero attached hydrogens (tertiary/aromatic N) is 2. The number of rotatable bonds is 6. The van der Waals surface area contributed by atoms with Crippen LogP contribution in [0.5, 0.6) is 5.75 Å². The second-order valence-electron chi connectivity index (χ2n) is 6.08. The molecular weight excluding hydrogens is 372 g/mol. The Labute approximate surface area is 166 Å². The largest absolute Gasteiger partial charge is 0.508 e. The van der Waals surface area contributed by atoms with E-state index in [1.54, 1.807) is 24.3 Å². The van der Waals surface area contributed by atoms with Crippen molar-refractivity contribution in [2.75, 3.05) is 5.75 Å². The Kier molecular flexibility index (Phi) is 5.21. The lowest BCUT2D eigenvalue weighted by Crippen LogP contribution is -2.01. The topological polar surface area (TPSA) is 76.2 Å². The third-order valence-corrected chi connectivity index (χ3v) is 4.98. The van der Waals surface area contributed by atoms with Gasteiger partial charge in [-0.25, -0.2) is 0 Å². The molecule has 0 radical (unpaired) electrons. The van der Waals surface area contributed by atoms with E-state index >= 15 is 0 Å².